The van der Waals surface area contributed by atoms with Gasteiger partial charge in [0, 0.05) is 35.8 Å². The topological polar surface area (TPSA) is 66.5 Å². The molecule has 5 atom stereocenters. The predicted octanol–water partition coefficient (Wildman–Crippen LogP) is 0.910. The van der Waals surface area contributed by atoms with Crippen molar-refractivity contribution in [3.63, 3.8) is 0 Å². The van der Waals surface area contributed by atoms with Gasteiger partial charge in [-0.15, -0.1) is 0 Å². The number of Topliss-reactive ketones (excluding diaryl/α,β-unsaturated/α-hetero) is 1. The molecule has 2 aliphatic carbocycles. The Bertz CT molecular complexity index is 636. The molecule has 0 aromatic carbocycles. The van der Waals surface area contributed by atoms with Crippen LogP contribution in [-0.2, 0) is 14.4 Å². The number of fused-ring (bicyclic) bond motifs is 2. The van der Waals surface area contributed by atoms with Gasteiger partial charge in [0.05, 0.1) is 5.25 Å². The standard InChI is InChI=1S/C18H27BN2O3S/c1-4-5-17(2,3)16(24)18(9-6-11(9)20-12-7-10(12)18)21-14(22)8-13(25-19)15(21)23/h9-13,20H,4-8,19H2,1-3H3. The van der Waals surface area contributed by atoms with E-state index < -0.39 is 11.0 Å². The van der Waals surface area contributed by atoms with Crippen molar-refractivity contribution in [1.29, 1.82) is 0 Å². The van der Waals surface area contributed by atoms with Gasteiger partial charge >= 0.3 is 0 Å². The molecule has 25 heavy (non-hydrogen) atoms. The lowest BCUT2D eigenvalue weighted by atomic mass is 9.68. The Morgan fingerprint density at radius 3 is 2.40 bits per heavy atom. The van der Waals surface area contributed by atoms with Crippen LogP contribution in [0.3, 0.4) is 0 Å². The summed E-state index contributed by atoms with van der Waals surface area (Å²) in [6.45, 7) is 6.07. The molecule has 0 radical (unpaired) electrons. The minimum atomic E-state index is -0.891. The van der Waals surface area contributed by atoms with Crippen LogP contribution in [0.5, 0.6) is 0 Å². The third-order valence-electron chi connectivity index (χ3n) is 6.75. The molecule has 4 rings (SSSR count). The van der Waals surface area contributed by atoms with Crippen LogP contribution in [-0.4, -0.2) is 52.5 Å². The van der Waals surface area contributed by atoms with Crippen molar-refractivity contribution in [3.8, 4) is 0 Å². The molecule has 0 bridgehead atoms. The van der Waals surface area contributed by atoms with Crippen LogP contribution in [0.15, 0.2) is 0 Å². The minimum absolute atomic E-state index is 0.105. The maximum atomic E-state index is 13.9. The summed E-state index contributed by atoms with van der Waals surface area (Å²) in [5, 5.41) is 3.27. The molecule has 0 aromatic heterocycles. The fraction of sp³-hybridized carbons (Fsp3) is 0.833. The summed E-state index contributed by atoms with van der Waals surface area (Å²) in [5.41, 5.74) is -1.40. The van der Waals surface area contributed by atoms with E-state index in [4.69, 9.17) is 0 Å². The zero-order valence-corrected chi connectivity index (χ0v) is 16.3. The second kappa shape index (κ2) is 5.59. The van der Waals surface area contributed by atoms with Gasteiger partial charge in [0.2, 0.25) is 11.8 Å². The number of ketones is 1. The number of piperidine rings is 1. The summed E-state index contributed by atoms with van der Waals surface area (Å²) >= 11 is 1.43. The first-order chi connectivity index (χ1) is 11.8. The van der Waals surface area contributed by atoms with Crippen molar-refractivity contribution in [1.82, 2.24) is 10.2 Å². The van der Waals surface area contributed by atoms with Crippen molar-refractivity contribution in [2.45, 2.75) is 75.7 Å². The molecule has 136 valence electrons. The van der Waals surface area contributed by atoms with Crippen LogP contribution in [0, 0.1) is 17.3 Å². The molecule has 2 saturated heterocycles. The van der Waals surface area contributed by atoms with E-state index in [9.17, 15) is 14.4 Å². The molecular formula is C18H27BN2O3S. The van der Waals surface area contributed by atoms with Crippen molar-refractivity contribution in [2.24, 2.45) is 17.3 Å². The van der Waals surface area contributed by atoms with Crippen molar-refractivity contribution in [2.75, 3.05) is 0 Å². The lowest BCUT2D eigenvalue weighted by molar-refractivity contribution is -0.161. The number of imide groups is 1. The quantitative estimate of drug-likeness (QED) is 0.562. The van der Waals surface area contributed by atoms with Crippen LogP contribution >= 0.6 is 11.6 Å². The van der Waals surface area contributed by atoms with Gasteiger partial charge in [0.25, 0.3) is 0 Å². The normalized spacial score (nSPS) is 42.2. The summed E-state index contributed by atoms with van der Waals surface area (Å²) in [6, 6.07) is 0.582. The number of likely N-dealkylation sites (tertiary alicyclic amines) is 1. The van der Waals surface area contributed by atoms with Gasteiger partial charge in [-0.25, -0.2) is 11.6 Å². The van der Waals surface area contributed by atoms with Gasteiger partial charge in [0.1, 0.15) is 5.54 Å². The molecule has 2 saturated carbocycles. The molecule has 2 aliphatic heterocycles. The average molecular weight is 362 g/mol. The van der Waals surface area contributed by atoms with Crippen LogP contribution in [0.2, 0.25) is 0 Å². The second-order valence-electron chi connectivity index (χ2n) is 8.85. The van der Waals surface area contributed by atoms with Crippen LogP contribution < -0.4 is 5.32 Å². The number of nitrogens with zero attached hydrogens (tertiary/aromatic N) is 1. The molecule has 4 fully saturated rings. The summed E-state index contributed by atoms with van der Waals surface area (Å²) in [4.78, 5) is 41.3. The fourth-order valence-electron chi connectivity index (χ4n) is 5.51. The van der Waals surface area contributed by atoms with Gasteiger partial charge in [-0.05, 0) is 19.3 Å². The molecule has 0 aromatic rings. The second-order valence-corrected chi connectivity index (χ2v) is 9.89. The van der Waals surface area contributed by atoms with Crippen molar-refractivity contribution >= 4 is 36.3 Å². The van der Waals surface area contributed by atoms with Crippen LogP contribution in [0.4, 0.5) is 0 Å². The Hall–Kier alpha value is -0.815. The zero-order chi connectivity index (χ0) is 18.1. The monoisotopic (exact) mass is 362 g/mol. The lowest BCUT2D eigenvalue weighted by Gasteiger charge is -2.46. The Balaban J connectivity index is 1.80. The first kappa shape index (κ1) is 17.6. The molecule has 5 unspecified atom stereocenters. The lowest BCUT2D eigenvalue weighted by Crippen LogP contribution is -2.67. The first-order valence-electron chi connectivity index (χ1n) is 9.49. The Kier molecular flexibility index (Phi) is 3.93. The molecule has 7 heteroatoms. The van der Waals surface area contributed by atoms with E-state index >= 15 is 0 Å². The number of rotatable bonds is 6. The highest BCUT2D eigenvalue weighted by molar-refractivity contribution is 8.20. The molecule has 4 aliphatic rings. The predicted molar refractivity (Wildman–Crippen MR) is 99.7 cm³/mol. The summed E-state index contributed by atoms with van der Waals surface area (Å²) in [5.74, 6) is 0.0770. The van der Waals surface area contributed by atoms with E-state index in [1.807, 2.05) is 21.0 Å². The van der Waals surface area contributed by atoms with E-state index in [0.29, 0.717) is 12.1 Å². The van der Waals surface area contributed by atoms with E-state index in [1.165, 1.54) is 16.5 Å². The number of nitrogens with one attached hydrogen (secondary N) is 1. The number of amides is 2. The Morgan fingerprint density at radius 2 is 1.92 bits per heavy atom. The molecule has 0 spiro atoms. The van der Waals surface area contributed by atoms with Gasteiger partial charge in [-0.2, -0.15) is 0 Å². The SMILES string of the molecule is BSC1CC(=O)N(C2(C(=O)C(C)(C)CCC)C3CC3NC3CC32)C1=O. The summed E-state index contributed by atoms with van der Waals surface area (Å²) in [6.07, 6.45) is 3.76. The number of carbonyl (C=O) groups is 3. The summed E-state index contributed by atoms with van der Waals surface area (Å²) < 4.78 is 0. The molecule has 5 nitrogen and oxygen atoms in total. The maximum Gasteiger partial charge on any atom is 0.242 e. The Morgan fingerprint density at radius 1 is 1.32 bits per heavy atom. The third kappa shape index (κ3) is 2.31. The smallest absolute Gasteiger partial charge is 0.242 e. The highest BCUT2D eigenvalue weighted by atomic mass is 32.2. The molecule has 1 N–H and O–H groups in total. The zero-order valence-electron chi connectivity index (χ0n) is 15.5. The van der Waals surface area contributed by atoms with E-state index in [1.54, 1.807) is 0 Å². The first-order valence-corrected chi connectivity index (χ1v) is 10.8. The minimum Gasteiger partial charge on any atom is -0.310 e. The van der Waals surface area contributed by atoms with E-state index in [0.717, 1.165) is 25.7 Å². The van der Waals surface area contributed by atoms with Gasteiger partial charge < -0.3 is 5.32 Å². The van der Waals surface area contributed by atoms with Crippen molar-refractivity contribution in [3.05, 3.63) is 0 Å². The number of hydrogen-bond donors (Lipinski definition) is 1. The Labute approximate surface area is 154 Å². The highest BCUT2D eigenvalue weighted by Crippen LogP contribution is 2.63. The largest absolute Gasteiger partial charge is 0.310 e. The van der Waals surface area contributed by atoms with E-state index in [2.05, 4.69) is 12.2 Å². The van der Waals surface area contributed by atoms with Crippen molar-refractivity contribution < 1.29 is 14.4 Å². The maximum absolute atomic E-state index is 13.9. The fourth-order valence-corrected chi connectivity index (χ4v) is 6.12. The van der Waals surface area contributed by atoms with Gasteiger partial charge in [-0.3, -0.25) is 19.3 Å². The van der Waals surface area contributed by atoms with Gasteiger partial charge in [-0.1, -0.05) is 27.2 Å². The number of hydrogen-bond acceptors (Lipinski definition) is 5. The molecule has 2 amide bonds. The van der Waals surface area contributed by atoms with Crippen LogP contribution in [0.25, 0.3) is 0 Å². The third-order valence-corrected chi connectivity index (χ3v) is 7.69. The molecular weight excluding hydrogens is 335 g/mol. The van der Waals surface area contributed by atoms with Crippen LogP contribution in [0.1, 0.15) is 52.9 Å². The highest BCUT2D eigenvalue weighted by Gasteiger charge is 2.76. The summed E-state index contributed by atoms with van der Waals surface area (Å²) in [7, 11) is 1.87. The molecule has 2 heterocycles. The van der Waals surface area contributed by atoms with Gasteiger partial charge in [0.15, 0.2) is 12.9 Å². The van der Waals surface area contributed by atoms with E-state index in [-0.39, 0.29) is 41.1 Å². The average Bonchev–Trinajstić information content (AvgIpc) is 3.45. The number of carbonyl (C=O) groups excluding carboxylic acids is 3.